The zero-order chi connectivity index (χ0) is 57.0. The van der Waals surface area contributed by atoms with Gasteiger partial charge >= 0.3 is 24.1 Å². The second kappa shape index (κ2) is 28.2. The van der Waals surface area contributed by atoms with Crippen molar-refractivity contribution in [3.05, 3.63) is 106 Å². The number of hydrogen-bond donors (Lipinski definition) is 4. The molecule has 0 radical (unpaired) electrons. The van der Waals surface area contributed by atoms with Gasteiger partial charge in [0.1, 0.15) is 11.2 Å². The lowest BCUT2D eigenvalue weighted by Gasteiger charge is -2.26. The van der Waals surface area contributed by atoms with E-state index in [4.69, 9.17) is 19.7 Å². The fraction of sp³-hybridized carbons (Fsp3) is 0.516. The zero-order valence-corrected chi connectivity index (χ0v) is 51.3. The molecule has 432 valence electrons. The Kier molecular flexibility index (Phi) is 21.4. The van der Waals surface area contributed by atoms with E-state index in [1.165, 1.54) is 93.5 Å². The second-order valence-corrected chi connectivity index (χ2v) is 27.6. The molecule has 80 heavy (non-hydrogen) atoms. The summed E-state index contributed by atoms with van der Waals surface area (Å²) >= 11 is 8.83. The number of benzene rings is 3. The standard InChI is InChI=1S/C21H28N2O2S.C16H20N2S.C13H24N2O2.C8H5BrS.C4H4O4/c1-21(2,3)25-20(24)23-13-16-6-9-22(10-7-17(16)14-23)18-4-5-19-15(12-18)8-11-26-19;1-2-16-12(5-8-19-16)9-15(1)18-6-3-13-10-17-11-14(13)4-7-18;1-13(2,3)17-12(16)15-8-10-4-6-14-7-5-11(10)9-15;9-7-1-2-8-6(5-7)3-4-10-8;5-3(6)1-2-4(7)8/h4-5,8,11-12,16-17H,6-7,9-10,13-14H2,1-3H3;1-2,5,8-9,13-14,17H,3-4,6-7,10-11H2;10-11,14H,4-9H2,1-3H3;1-5H;1-2H,(H,5,6)(H,7,8)/b;;;;2-1-. The Morgan fingerprint density at radius 1 is 0.512 bits per heavy atom. The van der Waals surface area contributed by atoms with Crippen LogP contribution in [0.2, 0.25) is 0 Å². The monoisotopic (exact) mass is 1210 g/mol. The van der Waals surface area contributed by atoms with Crippen molar-refractivity contribution in [1.82, 2.24) is 20.4 Å². The number of carbonyl (C=O) groups is 4. The number of halogens is 1. The highest BCUT2D eigenvalue weighted by molar-refractivity contribution is 9.10. The molecular weight excluding hydrogens is 1130 g/mol. The number of hydrogen-bond acceptors (Lipinski definition) is 13. The molecule has 0 saturated carbocycles. The molecular formula is C62H81BrN6O8S3. The van der Waals surface area contributed by atoms with Crippen molar-refractivity contribution in [2.45, 2.75) is 91.3 Å². The van der Waals surface area contributed by atoms with E-state index in [2.05, 4.69) is 125 Å². The molecule has 0 spiro atoms. The first-order chi connectivity index (χ1) is 38.2. The normalized spacial score (nSPS) is 22.8. The van der Waals surface area contributed by atoms with E-state index in [9.17, 15) is 19.2 Å². The average molecular weight is 1210 g/mol. The molecule has 6 aromatic rings. The number of carbonyl (C=O) groups excluding carboxylic acids is 2. The van der Waals surface area contributed by atoms with E-state index in [1.54, 1.807) is 22.7 Å². The Hall–Kier alpha value is -5.24. The third-order valence-corrected chi connectivity index (χ3v) is 19.0. The number of nitrogens with one attached hydrogen (secondary N) is 2. The van der Waals surface area contributed by atoms with E-state index >= 15 is 0 Å². The van der Waals surface area contributed by atoms with Gasteiger partial charge in [0.05, 0.1) is 0 Å². The summed E-state index contributed by atoms with van der Waals surface area (Å²) in [7, 11) is 0. The molecule has 14 nitrogen and oxygen atoms in total. The number of amides is 2. The Bertz CT molecular complexity index is 2980. The van der Waals surface area contributed by atoms with E-state index < -0.39 is 17.5 Å². The van der Waals surface area contributed by atoms with E-state index in [1.807, 2.05) is 62.7 Å². The van der Waals surface area contributed by atoms with Crippen LogP contribution in [0.15, 0.2) is 106 Å². The molecule has 6 aliphatic rings. The molecule has 3 aromatic carbocycles. The van der Waals surface area contributed by atoms with Gasteiger partial charge in [0.25, 0.3) is 0 Å². The summed E-state index contributed by atoms with van der Waals surface area (Å²) < 4.78 is 16.2. The molecule has 6 saturated heterocycles. The average Bonchev–Trinajstić information content (AvgIpc) is 4.31. The number of fused-ring (bicyclic) bond motifs is 6. The maximum Gasteiger partial charge on any atom is 0.410 e. The number of anilines is 2. The number of likely N-dealkylation sites (tertiary alicyclic amines) is 2. The summed E-state index contributed by atoms with van der Waals surface area (Å²) in [6, 6.07) is 26.7. The SMILES string of the molecule is Brc1ccc2sccc2c1.CC(C)(C)OC(=O)N1CC2CCN(c3ccc4sccc4c3)CCC2C1.CC(C)(C)OC(=O)N1CC2CCNCCC2C1.O=C(O)/C=C\C(=O)O.c1cc2cc(N3CCC4CNCC4CC3)ccc2s1. The van der Waals surface area contributed by atoms with Crippen molar-refractivity contribution < 1.29 is 38.9 Å². The van der Waals surface area contributed by atoms with Crippen LogP contribution in [0.25, 0.3) is 30.3 Å². The lowest BCUT2D eigenvalue weighted by Crippen LogP contribution is -2.36. The molecule has 18 heteroatoms. The van der Waals surface area contributed by atoms with Crippen molar-refractivity contribution in [3.8, 4) is 0 Å². The number of nitrogens with zero attached hydrogens (tertiary/aromatic N) is 4. The van der Waals surface area contributed by atoms with Crippen LogP contribution in [0.5, 0.6) is 0 Å². The molecule has 6 fully saturated rings. The molecule has 4 N–H and O–H groups in total. The molecule has 12 rings (SSSR count). The fourth-order valence-corrected chi connectivity index (χ4v) is 14.4. The van der Waals surface area contributed by atoms with Crippen LogP contribution < -0.4 is 20.4 Å². The van der Waals surface area contributed by atoms with Gasteiger partial charge in [-0.15, -0.1) is 34.0 Å². The lowest BCUT2D eigenvalue weighted by molar-refractivity contribution is -0.134. The van der Waals surface area contributed by atoms with Gasteiger partial charge in [0, 0.05) is 94.5 Å². The molecule has 6 aliphatic heterocycles. The Morgan fingerprint density at radius 3 is 1.26 bits per heavy atom. The highest BCUT2D eigenvalue weighted by Crippen LogP contribution is 2.37. The highest BCUT2D eigenvalue weighted by Gasteiger charge is 2.39. The second-order valence-electron chi connectivity index (χ2n) is 23.8. The Labute approximate surface area is 492 Å². The minimum Gasteiger partial charge on any atom is -0.478 e. The summed E-state index contributed by atoms with van der Waals surface area (Å²) in [4.78, 5) is 52.4. The minimum atomic E-state index is -1.26. The maximum absolute atomic E-state index is 12.4. The summed E-state index contributed by atoms with van der Waals surface area (Å²) in [5.74, 6) is 1.83. The Morgan fingerprint density at radius 2 is 0.875 bits per heavy atom. The predicted octanol–water partition coefficient (Wildman–Crippen LogP) is 13.6. The molecule has 0 aliphatic carbocycles. The van der Waals surface area contributed by atoms with Gasteiger partial charge in [0.2, 0.25) is 0 Å². The molecule has 0 bridgehead atoms. The summed E-state index contributed by atoms with van der Waals surface area (Å²) in [5.41, 5.74) is 1.95. The van der Waals surface area contributed by atoms with Crippen LogP contribution in [-0.4, -0.2) is 134 Å². The van der Waals surface area contributed by atoms with Gasteiger partial charge in [0.15, 0.2) is 0 Å². The van der Waals surface area contributed by atoms with Gasteiger partial charge in [-0.1, -0.05) is 15.9 Å². The van der Waals surface area contributed by atoms with E-state index in [0.717, 1.165) is 81.5 Å². The molecule has 2 amide bonds. The number of carboxylic acid groups (broad SMARTS) is 2. The number of ether oxygens (including phenoxy) is 2. The number of thiophene rings is 3. The summed E-state index contributed by atoms with van der Waals surface area (Å²) in [6.45, 7) is 24.2. The van der Waals surface area contributed by atoms with Gasteiger partial charge in [-0.2, -0.15) is 0 Å². The third-order valence-electron chi connectivity index (χ3n) is 15.8. The fourth-order valence-electron chi connectivity index (χ4n) is 11.7. The van der Waals surface area contributed by atoms with Gasteiger partial charge in [-0.05, 0) is 247 Å². The zero-order valence-electron chi connectivity index (χ0n) is 47.2. The minimum absolute atomic E-state index is 0.140. The van der Waals surface area contributed by atoms with Gasteiger partial charge in [-0.3, -0.25) is 0 Å². The first-order valence-electron chi connectivity index (χ1n) is 28.3. The highest BCUT2D eigenvalue weighted by atomic mass is 79.9. The predicted molar refractivity (Wildman–Crippen MR) is 332 cm³/mol. The van der Waals surface area contributed by atoms with Gasteiger partial charge < -0.3 is 49.9 Å². The third kappa shape index (κ3) is 17.9. The van der Waals surface area contributed by atoms with Gasteiger partial charge in [-0.25, -0.2) is 19.2 Å². The van der Waals surface area contributed by atoms with Crippen molar-refractivity contribution in [2.24, 2.45) is 35.5 Å². The molecule has 3 aromatic heterocycles. The van der Waals surface area contributed by atoms with Crippen molar-refractivity contribution in [1.29, 1.82) is 0 Å². The van der Waals surface area contributed by atoms with Crippen LogP contribution in [0, 0.1) is 35.5 Å². The maximum atomic E-state index is 12.4. The summed E-state index contributed by atoms with van der Waals surface area (Å²) in [6.07, 6.45) is 8.18. The molecule has 9 heterocycles. The molecule has 6 atom stereocenters. The van der Waals surface area contributed by atoms with E-state index in [-0.39, 0.29) is 17.8 Å². The van der Waals surface area contributed by atoms with Crippen LogP contribution in [0.3, 0.4) is 0 Å². The van der Waals surface area contributed by atoms with Crippen molar-refractivity contribution >= 4 is 116 Å². The van der Waals surface area contributed by atoms with Crippen LogP contribution in [0.4, 0.5) is 21.0 Å². The van der Waals surface area contributed by atoms with E-state index in [0.29, 0.717) is 35.8 Å². The Balaban J connectivity index is 0.000000139. The van der Waals surface area contributed by atoms with Crippen molar-refractivity contribution in [3.63, 3.8) is 0 Å². The lowest BCUT2D eigenvalue weighted by atomic mass is 9.92. The number of carboxylic acids is 2. The van der Waals surface area contributed by atoms with Crippen LogP contribution in [0.1, 0.15) is 80.1 Å². The summed E-state index contributed by atoms with van der Waals surface area (Å²) in [5, 5.41) is 33.1. The quantitative estimate of drug-likeness (QED) is 0.124. The first-order valence-corrected chi connectivity index (χ1v) is 31.7. The topological polar surface area (TPSA) is 164 Å². The first kappa shape index (κ1) is 60.8. The van der Waals surface area contributed by atoms with Crippen LogP contribution in [-0.2, 0) is 19.1 Å². The van der Waals surface area contributed by atoms with Crippen molar-refractivity contribution in [2.75, 3.05) is 88.3 Å². The molecule has 6 unspecified atom stereocenters. The number of aliphatic carboxylic acids is 2. The smallest absolute Gasteiger partial charge is 0.410 e. The number of rotatable bonds is 4. The largest absolute Gasteiger partial charge is 0.478 e. The van der Waals surface area contributed by atoms with Crippen LogP contribution >= 0.6 is 49.9 Å².